The molecule has 0 nitrogen and oxygen atoms in total. The molecular formula is C9H7BrF2. The van der Waals surface area contributed by atoms with Crippen molar-refractivity contribution in [2.45, 2.75) is 6.92 Å². The van der Waals surface area contributed by atoms with E-state index in [-0.39, 0.29) is 4.48 Å². The molecule has 0 bridgehead atoms. The Morgan fingerprint density at radius 2 is 1.83 bits per heavy atom. The van der Waals surface area contributed by atoms with Crippen molar-refractivity contribution in [1.82, 2.24) is 0 Å². The molecule has 1 aromatic carbocycles. The van der Waals surface area contributed by atoms with Gasteiger partial charge in [0.2, 0.25) is 0 Å². The van der Waals surface area contributed by atoms with Crippen molar-refractivity contribution < 1.29 is 8.78 Å². The van der Waals surface area contributed by atoms with Crippen LogP contribution in [0.3, 0.4) is 0 Å². The molecule has 0 fully saturated rings. The van der Waals surface area contributed by atoms with Gasteiger partial charge in [-0.25, -0.2) is 0 Å². The summed E-state index contributed by atoms with van der Waals surface area (Å²) in [6.45, 7) is 1.79. The third-order valence-corrected chi connectivity index (χ3v) is 2.27. The van der Waals surface area contributed by atoms with Crippen molar-refractivity contribution >= 4 is 20.4 Å². The van der Waals surface area contributed by atoms with Crippen LogP contribution in [0, 0.1) is 6.92 Å². The summed E-state index contributed by atoms with van der Waals surface area (Å²) >= 11 is 2.83. The van der Waals surface area contributed by atoms with Gasteiger partial charge < -0.3 is 0 Å². The number of rotatable bonds is 1. The van der Waals surface area contributed by atoms with Crippen LogP contribution in [0.5, 0.6) is 0 Å². The third-order valence-electron chi connectivity index (χ3n) is 1.55. The molecule has 0 saturated heterocycles. The Hall–Kier alpha value is -0.700. The molecule has 1 aromatic rings. The van der Waals surface area contributed by atoms with E-state index in [1.807, 2.05) is 6.07 Å². The first-order chi connectivity index (χ1) is 5.63. The van der Waals surface area contributed by atoms with Crippen LogP contribution in [0.2, 0.25) is 0 Å². The van der Waals surface area contributed by atoms with Crippen LogP contribution in [0.25, 0.3) is 4.48 Å². The van der Waals surface area contributed by atoms with Gasteiger partial charge in [0.1, 0.15) is 0 Å². The predicted molar refractivity (Wildman–Crippen MR) is 49.2 cm³/mol. The fourth-order valence-electron chi connectivity index (χ4n) is 0.921. The summed E-state index contributed by atoms with van der Waals surface area (Å²) in [5.74, 6) is 0. The highest BCUT2D eigenvalue weighted by molar-refractivity contribution is 9.15. The highest BCUT2D eigenvalue weighted by Gasteiger charge is 2.06. The molecule has 0 radical (unpaired) electrons. The van der Waals surface area contributed by atoms with Crippen LogP contribution < -0.4 is 0 Å². The van der Waals surface area contributed by atoms with Crippen molar-refractivity contribution in [3.05, 3.63) is 41.5 Å². The van der Waals surface area contributed by atoms with Gasteiger partial charge in [0.25, 0.3) is 6.08 Å². The van der Waals surface area contributed by atoms with Crippen molar-refractivity contribution in [3.63, 3.8) is 0 Å². The monoisotopic (exact) mass is 232 g/mol. The standard InChI is InChI=1S/C9H7BrF2/c1-6-4-2-3-5-7(6)8(10)9(11)12/h2-5H,1H3. The van der Waals surface area contributed by atoms with E-state index >= 15 is 0 Å². The van der Waals surface area contributed by atoms with Crippen LogP contribution >= 0.6 is 15.9 Å². The van der Waals surface area contributed by atoms with Crippen molar-refractivity contribution in [3.8, 4) is 0 Å². The molecule has 0 heterocycles. The summed E-state index contributed by atoms with van der Waals surface area (Å²) in [7, 11) is 0. The maximum Gasteiger partial charge on any atom is 0.285 e. The summed E-state index contributed by atoms with van der Waals surface area (Å²) in [6, 6.07) is 6.99. The van der Waals surface area contributed by atoms with Gasteiger partial charge in [-0.2, -0.15) is 8.78 Å². The number of aryl methyl sites for hydroxylation is 1. The summed E-state index contributed by atoms with van der Waals surface area (Å²) in [6.07, 6.45) is -1.69. The minimum atomic E-state index is -1.69. The van der Waals surface area contributed by atoms with Gasteiger partial charge in [-0.1, -0.05) is 24.3 Å². The first-order valence-corrected chi connectivity index (χ1v) is 4.19. The summed E-state index contributed by atoms with van der Waals surface area (Å²) < 4.78 is 24.1. The topological polar surface area (TPSA) is 0 Å². The molecule has 0 atom stereocenters. The Kier molecular flexibility index (Phi) is 2.98. The molecule has 12 heavy (non-hydrogen) atoms. The van der Waals surface area contributed by atoms with E-state index in [2.05, 4.69) is 15.9 Å². The van der Waals surface area contributed by atoms with Crippen LogP contribution in [0.4, 0.5) is 8.78 Å². The van der Waals surface area contributed by atoms with Gasteiger partial charge in [-0.15, -0.1) is 0 Å². The zero-order chi connectivity index (χ0) is 9.14. The molecule has 0 amide bonds. The zero-order valence-electron chi connectivity index (χ0n) is 6.44. The van der Waals surface area contributed by atoms with Crippen molar-refractivity contribution in [2.24, 2.45) is 0 Å². The summed E-state index contributed by atoms with van der Waals surface area (Å²) in [5, 5.41) is 0. The van der Waals surface area contributed by atoms with E-state index in [1.54, 1.807) is 25.1 Å². The Labute approximate surface area is 78.0 Å². The highest BCUT2D eigenvalue weighted by Crippen LogP contribution is 2.28. The van der Waals surface area contributed by atoms with Gasteiger partial charge in [0.05, 0.1) is 4.48 Å². The Balaban J connectivity index is 3.21. The lowest BCUT2D eigenvalue weighted by molar-refractivity contribution is 0.428. The molecule has 0 spiro atoms. The predicted octanol–water partition coefficient (Wildman–Crippen LogP) is 3.96. The maximum absolute atomic E-state index is 12.1. The minimum absolute atomic E-state index is 0.124. The number of halogens is 3. The second kappa shape index (κ2) is 3.81. The number of hydrogen-bond acceptors (Lipinski definition) is 0. The third kappa shape index (κ3) is 1.91. The average molecular weight is 233 g/mol. The Morgan fingerprint density at radius 1 is 1.25 bits per heavy atom. The molecule has 64 valence electrons. The highest BCUT2D eigenvalue weighted by atomic mass is 79.9. The Bertz CT molecular complexity index is 314. The van der Waals surface area contributed by atoms with Crippen LogP contribution in [-0.4, -0.2) is 0 Å². The molecule has 3 heteroatoms. The molecule has 0 N–H and O–H groups in total. The molecule has 0 unspecified atom stereocenters. The SMILES string of the molecule is Cc1ccccc1C(Br)=C(F)F. The summed E-state index contributed by atoms with van der Waals surface area (Å²) in [5.41, 5.74) is 1.37. The van der Waals surface area contributed by atoms with Crippen molar-refractivity contribution in [1.29, 1.82) is 0 Å². The molecule has 0 aliphatic carbocycles. The van der Waals surface area contributed by atoms with E-state index in [0.29, 0.717) is 5.56 Å². The quantitative estimate of drug-likeness (QED) is 0.688. The lowest BCUT2D eigenvalue weighted by atomic mass is 10.1. The molecule has 0 aromatic heterocycles. The fraction of sp³-hybridized carbons (Fsp3) is 0.111. The number of hydrogen-bond donors (Lipinski definition) is 0. The van der Waals surface area contributed by atoms with Crippen LogP contribution in [0.15, 0.2) is 30.3 Å². The lowest BCUT2D eigenvalue weighted by Crippen LogP contribution is -1.82. The van der Waals surface area contributed by atoms with E-state index in [4.69, 9.17) is 0 Å². The van der Waals surface area contributed by atoms with Crippen LogP contribution in [0.1, 0.15) is 11.1 Å². The van der Waals surface area contributed by atoms with E-state index < -0.39 is 6.08 Å². The van der Waals surface area contributed by atoms with Crippen LogP contribution in [-0.2, 0) is 0 Å². The van der Waals surface area contributed by atoms with E-state index in [1.165, 1.54) is 0 Å². The van der Waals surface area contributed by atoms with E-state index in [0.717, 1.165) is 5.56 Å². The van der Waals surface area contributed by atoms with Gasteiger partial charge in [0.15, 0.2) is 0 Å². The fourth-order valence-corrected chi connectivity index (χ4v) is 1.37. The maximum atomic E-state index is 12.1. The van der Waals surface area contributed by atoms with Gasteiger partial charge in [-0.3, -0.25) is 0 Å². The second-order valence-corrected chi connectivity index (χ2v) is 3.18. The molecule has 0 aliphatic heterocycles. The first kappa shape index (κ1) is 9.39. The minimum Gasteiger partial charge on any atom is -0.172 e. The number of benzene rings is 1. The second-order valence-electron chi connectivity index (χ2n) is 2.39. The Morgan fingerprint density at radius 3 is 2.33 bits per heavy atom. The van der Waals surface area contributed by atoms with Gasteiger partial charge in [-0.05, 0) is 34.0 Å². The molecule has 0 aliphatic rings. The van der Waals surface area contributed by atoms with Crippen molar-refractivity contribution in [2.75, 3.05) is 0 Å². The van der Waals surface area contributed by atoms with Gasteiger partial charge >= 0.3 is 0 Å². The summed E-state index contributed by atoms with van der Waals surface area (Å²) in [4.78, 5) is 0. The first-order valence-electron chi connectivity index (χ1n) is 3.39. The lowest BCUT2D eigenvalue weighted by Gasteiger charge is -2.01. The normalized spacial score (nSPS) is 9.67. The largest absolute Gasteiger partial charge is 0.285 e. The average Bonchev–Trinajstić information content (AvgIpc) is 2.04. The molecule has 1 rings (SSSR count). The zero-order valence-corrected chi connectivity index (χ0v) is 8.03. The molecular weight excluding hydrogens is 226 g/mol. The van der Waals surface area contributed by atoms with Gasteiger partial charge in [0, 0.05) is 0 Å². The smallest absolute Gasteiger partial charge is 0.172 e. The van der Waals surface area contributed by atoms with E-state index in [9.17, 15) is 8.78 Å². The molecule has 0 saturated carbocycles.